The molecule has 0 spiro atoms. The smallest absolute Gasteiger partial charge is 0.362 e. The average molecular weight is 661 g/mol. The summed E-state index contributed by atoms with van der Waals surface area (Å²) >= 11 is 0. The van der Waals surface area contributed by atoms with Crippen molar-refractivity contribution in [3.63, 3.8) is 0 Å². The van der Waals surface area contributed by atoms with Crippen LogP contribution in [0.2, 0.25) is 0 Å². The normalized spacial score (nSPS) is 13.8. The van der Waals surface area contributed by atoms with E-state index < -0.39 is 18.1 Å². The molecular weight excluding hydrogens is 594 g/mol. The van der Waals surface area contributed by atoms with Gasteiger partial charge in [-0.2, -0.15) is 0 Å². The average Bonchev–Trinajstić information content (AvgIpc) is 3.01. The van der Waals surface area contributed by atoms with Crippen molar-refractivity contribution < 1.29 is 38.2 Å². The van der Waals surface area contributed by atoms with E-state index in [4.69, 9.17) is 14.2 Å². The molecule has 0 fully saturated rings. The maximum absolute atomic E-state index is 12.6. The molecule has 0 bridgehead atoms. The number of carbonyl (C=O) groups excluding carboxylic acids is 2. The largest absolute Gasteiger partial charge is 0.477 e. The topological polar surface area (TPSA) is 99.1 Å². The third-order valence-corrected chi connectivity index (χ3v) is 7.43. The Morgan fingerprint density at radius 1 is 0.681 bits per heavy atom. The van der Waals surface area contributed by atoms with Gasteiger partial charge in [0.15, 0.2) is 12.1 Å². The highest BCUT2D eigenvalue weighted by Crippen LogP contribution is 2.11. The number of quaternary nitrogens is 1. The standard InChI is InChI=1S/C39H65NO7/c1-6-8-10-12-14-16-18-20-21-23-25-27-29-37(41)46-34-35(33-45-32-31-36(39(43)44)40(3,4)5)47-38(42)30-28-26-24-22-19-17-15-13-11-9-7-2/h8,10,13-17,19-21,35-36H,6-7,9,11-12,18,22-34H2,1-5H3/p+1/b10-8+,15-13+,16-14+,19-17+,21-20+. The van der Waals surface area contributed by atoms with Crippen LogP contribution in [0.4, 0.5) is 0 Å². The van der Waals surface area contributed by atoms with Gasteiger partial charge in [-0.15, -0.1) is 0 Å². The molecule has 47 heavy (non-hydrogen) atoms. The highest BCUT2D eigenvalue weighted by molar-refractivity contribution is 5.72. The lowest BCUT2D eigenvalue weighted by atomic mass is 10.1. The summed E-state index contributed by atoms with van der Waals surface area (Å²) in [5.74, 6) is -1.57. The Kier molecular flexibility index (Phi) is 28.4. The van der Waals surface area contributed by atoms with E-state index in [1.807, 2.05) is 21.1 Å². The number of esters is 2. The third-order valence-electron chi connectivity index (χ3n) is 7.43. The molecule has 1 N–H and O–H groups in total. The van der Waals surface area contributed by atoms with Gasteiger partial charge in [0.05, 0.1) is 34.4 Å². The van der Waals surface area contributed by atoms with E-state index in [2.05, 4.69) is 74.6 Å². The van der Waals surface area contributed by atoms with E-state index in [0.29, 0.717) is 19.3 Å². The minimum atomic E-state index is -0.889. The number of hydrogen-bond donors (Lipinski definition) is 1. The molecule has 0 saturated heterocycles. The predicted octanol–water partition coefficient (Wildman–Crippen LogP) is 8.68. The molecule has 8 heteroatoms. The first-order valence-corrected chi connectivity index (χ1v) is 17.8. The molecule has 268 valence electrons. The van der Waals surface area contributed by atoms with Crippen LogP contribution >= 0.6 is 0 Å². The highest BCUT2D eigenvalue weighted by Gasteiger charge is 2.31. The van der Waals surface area contributed by atoms with Gasteiger partial charge in [-0.25, -0.2) is 4.79 Å². The van der Waals surface area contributed by atoms with Crippen molar-refractivity contribution >= 4 is 17.9 Å². The van der Waals surface area contributed by atoms with Crippen LogP contribution in [0.5, 0.6) is 0 Å². The first kappa shape index (κ1) is 44.0. The van der Waals surface area contributed by atoms with Crippen LogP contribution in [0.25, 0.3) is 0 Å². The lowest BCUT2D eigenvalue weighted by Gasteiger charge is -2.31. The summed E-state index contributed by atoms with van der Waals surface area (Å²) in [7, 11) is 5.48. The van der Waals surface area contributed by atoms with Crippen molar-refractivity contribution in [3.8, 4) is 0 Å². The summed E-state index contributed by atoms with van der Waals surface area (Å²) in [6.07, 6.45) is 34.2. The van der Waals surface area contributed by atoms with Crippen LogP contribution in [-0.2, 0) is 28.6 Å². The second kappa shape index (κ2) is 30.4. The predicted molar refractivity (Wildman–Crippen MR) is 192 cm³/mol. The van der Waals surface area contributed by atoms with Crippen molar-refractivity contribution in [2.45, 2.75) is 129 Å². The zero-order chi connectivity index (χ0) is 35.0. The molecule has 0 amide bonds. The fourth-order valence-corrected chi connectivity index (χ4v) is 4.61. The Balaban J connectivity index is 4.58. The molecule has 0 aromatic carbocycles. The number of carboxylic acid groups (broad SMARTS) is 1. The highest BCUT2D eigenvalue weighted by atomic mass is 16.6. The maximum atomic E-state index is 12.6. The van der Waals surface area contributed by atoms with Crippen molar-refractivity contribution in [2.24, 2.45) is 0 Å². The molecule has 0 radical (unpaired) electrons. The zero-order valence-corrected chi connectivity index (χ0v) is 30.2. The molecule has 0 heterocycles. The monoisotopic (exact) mass is 660 g/mol. The first-order chi connectivity index (χ1) is 22.6. The minimum Gasteiger partial charge on any atom is -0.477 e. The van der Waals surface area contributed by atoms with Crippen molar-refractivity contribution in [2.75, 3.05) is 41.0 Å². The zero-order valence-electron chi connectivity index (χ0n) is 30.2. The van der Waals surface area contributed by atoms with Crippen LogP contribution in [0.15, 0.2) is 60.8 Å². The minimum absolute atomic E-state index is 0.0349. The summed E-state index contributed by atoms with van der Waals surface area (Å²) in [6, 6.07) is -0.625. The molecular formula is C39H66NO7+. The van der Waals surface area contributed by atoms with Crippen LogP contribution in [0, 0.1) is 0 Å². The van der Waals surface area contributed by atoms with Gasteiger partial charge >= 0.3 is 17.9 Å². The molecule has 0 aliphatic rings. The molecule has 0 aliphatic heterocycles. The van der Waals surface area contributed by atoms with Crippen LogP contribution < -0.4 is 0 Å². The molecule has 0 rings (SSSR count). The lowest BCUT2D eigenvalue weighted by molar-refractivity contribution is -0.887. The van der Waals surface area contributed by atoms with Crippen LogP contribution in [0.3, 0.4) is 0 Å². The van der Waals surface area contributed by atoms with Gasteiger partial charge in [0.2, 0.25) is 0 Å². The van der Waals surface area contributed by atoms with Crippen molar-refractivity contribution in [1.29, 1.82) is 0 Å². The van der Waals surface area contributed by atoms with E-state index in [9.17, 15) is 19.5 Å². The number of allylic oxidation sites excluding steroid dienone is 10. The first-order valence-electron chi connectivity index (χ1n) is 17.8. The molecule has 2 unspecified atom stereocenters. The van der Waals surface area contributed by atoms with Crippen LogP contribution in [0.1, 0.15) is 117 Å². The Labute approximate surface area is 286 Å². The number of carboxylic acids is 1. The second-order valence-corrected chi connectivity index (χ2v) is 12.8. The lowest BCUT2D eigenvalue weighted by Crippen LogP contribution is -2.50. The fraction of sp³-hybridized carbons (Fsp3) is 0.667. The molecule has 0 saturated carbocycles. The van der Waals surface area contributed by atoms with Gasteiger partial charge in [-0.3, -0.25) is 9.59 Å². The number of nitrogens with zero attached hydrogens (tertiary/aromatic N) is 1. The quantitative estimate of drug-likeness (QED) is 0.0271. The Hall–Kier alpha value is -2.97. The Bertz CT molecular complexity index is 959. The van der Waals surface area contributed by atoms with E-state index in [1.54, 1.807) is 0 Å². The van der Waals surface area contributed by atoms with Gasteiger partial charge in [0.1, 0.15) is 6.61 Å². The van der Waals surface area contributed by atoms with Crippen molar-refractivity contribution in [3.05, 3.63) is 60.8 Å². The molecule has 0 aromatic heterocycles. The SMILES string of the molecule is CC/C=C/C/C=C/C/C=C/CCCCC(=O)OCC(COCCC(C(=O)O)[N+](C)(C)C)OC(=O)CCCCC/C=C/C=C/CCCC. The number of unbranched alkanes of at least 4 members (excludes halogenated alkanes) is 7. The number of aliphatic carboxylic acids is 1. The van der Waals surface area contributed by atoms with E-state index in [1.165, 1.54) is 12.8 Å². The van der Waals surface area contributed by atoms with Gasteiger partial charge in [0, 0.05) is 19.3 Å². The maximum Gasteiger partial charge on any atom is 0.362 e. The van der Waals surface area contributed by atoms with Crippen molar-refractivity contribution in [1.82, 2.24) is 0 Å². The van der Waals surface area contributed by atoms with Gasteiger partial charge < -0.3 is 23.8 Å². The van der Waals surface area contributed by atoms with Gasteiger partial charge in [-0.05, 0) is 64.2 Å². The Morgan fingerprint density at radius 2 is 1.26 bits per heavy atom. The molecule has 0 aromatic rings. The van der Waals surface area contributed by atoms with Gasteiger partial charge in [0.25, 0.3) is 0 Å². The second-order valence-electron chi connectivity index (χ2n) is 12.8. The fourth-order valence-electron chi connectivity index (χ4n) is 4.61. The molecule has 0 aliphatic carbocycles. The number of carbonyl (C=O) groups is 3. The van der Waals surface area contributed by atoms with Gasteiger partial charge in [-0.1, -0.05) is 93.9 Å². The summed E-state index contributed by atoms with van der Waals surface area (Å²) in [5, 5.41) is 9.56. The third kappa shape index (κ3) is 28.9. The van der Waals surface area contributed by atoms with E-state index in [-0.39, 0.29) is 42.7 Å². The van der Waals surface area contributed by atoms with E-state index in [0.717, 1.165) is 64.2 Å². The number of rotatable bonds is 30. The summed E-state index contributed by atoms with van der Waals surface area (Å²) < 4.78 is 17.1. The summed E-state index contributed by atoms with van der Waals surface area (Å²) in [4.78, 5) is 36.6. The number of hydrogen-bond acceptors (Lipinski definition) is 6. The Morgan fingerprint density at radius 3 is 1.89 bits per heavy atom. The number of likely N-dealkylation sites (N-methyl/N-ethyl adjacent to an activating group) is 1. The van der Waals surface area contributed by atoms with Crippen LogP contribution in [-0.4, -0.2) is 80.6 Å². The summed E-state index contributed by atoms with van der Waals surface area (Å²) in [6.45, 7) is 4.45. The molecule has 8 nitrogen and oxygen atoms in total. The summed E-state index contributed by atoms with van der Waals surface area (Å²) in [5.41, 5.74) is 0. The number of ether oxygens (including phenoxy) is 3. The molecule has 2 atom stereocenters. The van der Waals surface area contributed by atoms with E-state index >= 15 is 0 Å².